The van der Waals surface area contributed by atoms with Gasteiger partial charge in [0.15, 0.2) is 0 Å². The second kappa shape index (κ2) is 8.88. The highest BCUT2D eigenvalue weighted by Crippen LogP contribution is 2.28. The van der Waals surface area contributed by atoms with Gasteiger partial charge < -0.3 is 25.7 Å². The molecule has 1 aliphatic rings. The summed E-state index contributed by atoms with van der Waals surface area (Å²) in [5.74, 6) is 1.23. The number of carbonyl (C=O) groups is 1. The monoisotopic (exact) mass is 432 g/mol. The first-order valence-electron chi connectivity index (χ1n) is 10.2. The molecule has 0 unspecified atom stereocenters. The van der Waals surface area contributed by atoms with E-state index in [2.05, 4.69) is 35.9 Å². The number of benzene rings is 1. The Kier molecular flexibility index (Phi) is 5.84. The van der Waals surface area contributed by atoms with Crippen molar-refractivity contribution in [1.82, 2.24) is 35.9 Å². The molecule has 10 heteroatoms. The van der Waals surface area contributed by atoms with Gasteiger partial charge in [0.1, 0.15) is 28.7 Å². The summed E-state index contributed by atoms with van der Waals surface area (Å²) in [5, 5.41) is 17.7. The van der Waals surface area contributed by atoms with Crippen molar-refractivity contribution in [2.24, 2.45) is 0 Å². The predicted molar refractivity (Wildman–Crippen MR) is 121 cm³/mol. The van der Waals surface area contributed by atoms with Gasteiger partial charge in [-0.3, -0.25) is 10.2 Å². The average Bonchev–Trinajstić information content (AvgIpc) is 3.23. The maximum absolute atomic E-state index is 13.2. The van der Waals surface area contributed by atoms with Crippen LogP contribution in [0.15, 0.2) is 54.3 Å². The van der Waals surface area contributed by atoms with Crippen molar-refractivity contribution in [3.63, 3.8) is 0 Å². The van der Waals surface area contributed by atoms with Crippen LogP contribution < -0.4 is 20.7 Å². The van der Waals surface area contributed by atoms with Crippen LogP contribution in [0.3, 0.4) is 0 Å². The number of aromatic nitrogens is 4. The van der Waals surface area contributed by atoms with E-state index < -0.39 is 0 Å². The number of imidazole rings is 1. The van der Waals surface area contributed by atoms with Gasteiger partial charge in [0.05, 0.1) is 35.6 Å². The van der Waals surface area contributed by atoms with Crippen LogP contribution >= 0.6 is 0 Å². The molecule has 4 rings (SSSR count). The van der Waals surface area contributed by atoms with Crippen LogP contribution in [-0.2, 0) is 4.79 Å². The van der Waals surface area contributed by atoms with E-state index in [-0.39, 0.29) is 23.2 Å². The molecule has 5 N–H and O–H groups in total. The number of ether oxygens (including phenoxy) is 1. The Hall–Kier alpha value is -4.21. The van der Waals surface area contributed by atoms with E-state index in [4.69, 9.17) is 10.1 Å². The third-order valence-electron chi connectivity index (χ3n) is 5.08. The first-order valence-corrected chi connectivity index (χ1v) is 10.2. The molecule has 0 saturated heterocycles. The third-order valence-corrected chi connectivity index (χ3v) is 5.08. The van der Waals surface area contributed by atoms with E-state index in [0.717, 1.165) is 5.52 Å². The first kappa shape index (κ1) is 21.0. The van der Waals surface area contributed by atoms with Crippen LogP contribution in [0, 0.1) is 5.41 Å². The normalized spacial score (nSPS) is 16.3. The van der Waals surface area contributed by atoms with Crippen LogP contribution in [-0.4, -0.2) is 45.7 Å². The highest BCUT2D eigenvalue weighted by molar-refractivity contribution is 6.33. The van der Waals surface area contributed by atoms with Gasteiger partial charge in [0.25, 0.3) is 5.91 Å². The second-order valence-corrected chi connectivity index (χ2v) is 7.11. The summed E-state index contributed by atoms with van der Waals surface area (Å²) >= 11 is 0. The summed E-state index contributed by atoms with van der Waals surface area (Å²) in [4.78, 5) is 29.6. The van der Waals surface area contributed by atoms with E-state index in [0.29, 0.717) is 40.7 Å². The van der Waals surface area contributed by atoms with E-state index in [1.165, 1.54) is 0 Å². The Labute approximate surface area is 184 Å². The molecule has 1 amide bonds. The quantitative estimate of drug-likeness (QED) is 0.385. The smallest absolute Gasteiger partial charge is 0.261 e. The summed E-state index contributed by atoms with van der Waals surface area (Å²) in [5.41, 5.74) is 2.47. The summed E-state index contributed by atoms with van der Waals surface area (Å²) < 4.78 is 5.28. The maximum atomic E-state index is 13.2. The van der Waals surface area contributed by atoms with Crippen LogP contribution in [0.5, 0.6) is 5.75 Å². The molecule has 3 heterocycles. The predicted octanol–water partition coefficient (Wildman–Crippen LogP) is 2.02. The van der Waals surface area contributed by atoms with Crippen LogP contribution in [0.4, 0.5) is 0 Å². The molecule has 1 aliphatic heterocycles. The SMILES string of the molecule is CC[C@H](NC1=C(c2nc3ccc(OC)cc3[nH]2)C(=O)N/C(=C/NC)C1=N)c1ncccn1. The largest absolute Gasteiger partial charge is 0.497 e. The summed E-state index contributed by atoms with van der Waals surface area (Å²) in [6.45, 7) is 1.98. The Bertz CT molecular complexity index is 1230. The molecule has 0 aliphatic carbocycles. The van der Waals surface area contributed by atoms with Gasteiger partial charge in [-0.2, -0.15) is 0 Å². The summed E-state index contributed by atoms with van der Waals surface area (Å²) in [7, 11) is 3.29. The van der Waals surface area contributed by atoms with Crippen LogP contribution in [0.25, 0.3) is 16.6 Å². The molecule has 164 valence electrons. The molecule has 1 aromatic carbocycles. The summed E-state index contributed by atoms with van der Waals surface area (Å²) in [6, 6.07) is 6.87. The fraction of sp³-hybridized carbons (Fsp3) is 0.227. The van der Waals surface area contributed by atoms with E-state index in [1.807, 2.05) is 19.1 Å². The number of hydrogen-bond acceptors (Lipinski definition) is 8. The van der Waals surface area contributed by atoms with Crippen molar-refractivity contribution in [3.8, 4) is 5.75 Å². The molecule has 32 heavy (non-hydrogen) atoms. The lowest BCUT2D eigenvalue weighted by Crippen LogP contribution is -2.41. The Morgan fingerprint density at radius 1 is 1.28 bits per heavy atom. The van der Waals surface area contributed by atoms with Crippen LogP contribution in [0.1, 0.15) is 31.0 Å². The number of amides is 1. The molecule has 0 radical (unpaired) electrons. The van der Waals surface area contributed by atoms with Crippen molar-refractivity contribution >= 4 is 28.2 Å². The fourth-order valence-corrected chi connectivity index (χ4v) is 3.49. The van der Waals surface area contributed by atoms with Gasteiger partial charge in [0, 0.05) is 31.7 Å². The van der Waals surface area contributed by atoms with Crippen LogP contribution in [0.2, 0.25) is 0 Å². The first-order chi connectivity index (χ1) is 15.5. The molecule has 0 spiro atoms. The van der Waals surface area contributed by atoms with Crippen molar-refractivity contribution in [3.05, 3.63) is 65.9 Å². The van der Waals surface area contributed by atoms with Gasteiger partial charge in [-0.1, -0.05) is 6.92 Å². The van der Waals surface area contributed by atoms with Crippen molar-refractivity contribution < 1.29 is 9.53 Å². The zero-order chi connectivity index (χ0) is 22.7. The second-order valence-electron chi connectivity index (χ2n) is 7.11. The number of carbonyl (C=O) groups excluding carboxylic acids is 1. The molecule has 0 bridgehead atoms. The molecule has 2 aromatic heterocycles. The molecule has 1 atom stereocenters. The Morgan fingerprint density at radius 3 is 2.75 bits per heavy atom. The van der Waals surface area contributed by atoms with Crippen molar-refractivity contribution in [1.29, 1.82) is 5.41 Å². The Balaban J connectivity index is 1.85. The van der Waals surface area contributed by atoms with E-state index >= 15 is 0 Å². The highest BCUT2D eigenvalue weighted by atomic mass is 16.5. The Morgan fingerprint density at radius 2 is 2.06 bits per heavy atom. The topological polar surface area (TPSA) is 141 Å². The molecule has 3 aromatic rings. The van der Waals surface area contributed by atoms with Crippen molar-refractivity contribution in [2.75, 3.05) is 14.2 Å². The van der Waals surface area contributed by atoms with E-state index in [1.54, 1.807) is 44.9 Å². The minimum Gasteiger partial charge on any atom is -0.497 e. The highest BCUT2D eigenvalue weighted by Gasteiger charge is 2.32. The number of methoxy groups -OCH3 is 1. The molecular weight excluding hydrogens is 408 g/mol. The summed E-state index contributed by atoms with van der Waals surface area (Å²) in [6.07, 6.45) is 5.56. The number of aromatic amines is 1. The van der Waals surface area contributed by atoms with Gasteiger partial charge in [-0.05, 0) is 24.6 Å². The average molecular weight is 432 g/mol. The lowest BCUT2D eigenvalue weighted by atomic mass is 10.00. The number of hydrogen-bond donors (Lipinski definition) is 5. The lowest BCUT2D eigenvalue weighted by Gasteiger charge is -2.27. The maximum Gasteiger partial charge on any atom is 0.261 e. The molecule has 0 saturated carbocycles. The zero-order valence-electron chi connectivity index (χ0n) is 18.0. The minimum absolute atomic E-state index is 0.126. The standard InChI is InChI=1S/C22H24N8O2/c1-4-13(20-25-8-5-9-26-20)27-19-17(22(31)30-16(11-24-2)18(19)23)21-28-14-7-6-12(32-3)10-15(14)29-21/h5-11,13,23-24,27H,4H2,1-3H3,(H,28,29)(H,30,31)/b16-11+,23-18?/t13-/m0/s1. The van der Waals surface area contributed by atoms with Gasteiger partial charge in [-0.25, -0.2) is 15.0 Å². The minimum atomic E-state index is -0.375. The van der Waals surface area contributed by atoms with E-state index in [9.17, 15) is 4.79 Å². The number of nitrogens with one attached hydrogen (secondary N) is 5. The van der Waals surface area contributed by atoms with Gasteiger partial charge in [0.2, 0.25) is 0 Å². The molecular formula is C22H24N8O2. The van der Waals surface area contributed by atoms with Crippen molar-refractivity contribution in [2.45, 2.75) is 19.4 Å². The lowest BCUT2D eigenvalue weighted by molar-refractivity contribution is -0.115. The number of H-pyrrole nitrogens is 1. The molecule has 10 nitrogen and oxygen atoms in total. The number of nitrogens with zero attached hydrogens (tertiary/aromatic N) is 3. The van der Waals surface area contributed by atoms with Gasteiger partial charge in [-0.15, -0.1) is 0 Å². The fourth-order valence-electron chi connectivity index (χ4n) is 3.49. The van der Waals surface area contributed by atoms with Gasteiger partial charge >= 0.3 is 0 Å². The number of rotatable bonds is 7. The number of fused-ring (bicyclic) bond motifs is 1. The zero-order valence-corrected chi connectivity index (χ0v) is 18.0. The molecule has 0 fully saturated rings. The third kappa shape index (κ3) is 3.89.